The first-order valence-electron chi connectivity index (χ1n) is 6.40. The van der Waals surface area contributed by atoms with Gasteiger partial charge < -0.3 is 15.4 Å². The zero-order valence-electron chi connectivity index (χ0n) is 10.3. The van der Waals surface area contributed by atoms with Gasteiger partial charge in [0, 0.05) is 32.2 Å². The molecular formula is C12H23ClN2O2. The normalized spacial score (nSPS) is 25.7. The highest BCUT2D eigenvalue weighted by molar-refractivity contribution is 5.85. The molecule has 1 atom stereocenters. The molecule has 0 aromatic heterocycles. The van der Waals surface area contributed by atoms with Crippen LogP contribution in [0, 0.1) is 0 Å². The topological polar surface area (TPSA) is 55.6 Å². The molecule has 2 heterocycles. The average molecular weight is 263 g/mol. The molecule has 2 aliphatic rings. The number of likely N-dealkylation sites (tertiary alicyclic amines) is 1. The van der Waals surface area contributed by atoms with E-state index in [1.54, 1.807) is 0 Å². The van der Waals surface area contributed by atoms with Crippen molar-refractivity contribution >= 4 is 18.3 Å². The molecule has 2 rings (SSSR count). The Hall–Kier alpha value is -0.320. The molecule has 1 amide bonds. The molecule has 0 radical (unpaired) electrons. The lowest BCUT2D eigenvalue weighted by Crippen LogP contribution is -2.42. The fraction of sp³-hybridized carbons (Fsp3) is 0.917. The van der Waals surface area contributed by atoms with Gasteiger partial charge in [-0.3, -0.25) is 4.79 Å². The molecule has 0 bridgehead atoms. The van der Waals surface area contributed by atoms with E-state index >= 15 is 0 Å². The van der Waals surface area contributed by atoms with Crippen LogP contribution in [0.5, 0.6) is 0 Å². The van der Waals surface area contributed by atoms with Crippen molar-refractivity contribution in [1.82, 2.24) is 4.90 Å². The third-order valence-electron chi connectivity index (χ3n) is 3.60. The molecule has 0 spiro atoms. The first-order chi connectivity index (χ1) is 7.75. The minimum Gasteiger partial charge on any atom is -0.378 e. The van der Waals surface area contributed by atoms with Crippen molar-refractivity contribution in [3.8, 4) is 0 Å². The average Bonchev–Trinajstić information content (AvgIpc) is 2.80. The quantitative estimate of drug-likeness (QED) is 0.835. The molecule has 2 fully saturated rings. The lowest BCUT2D eigenvalue weighted by Gasteiger charge is -2.30. The van der Waals surface area contributed by atoms with E-state index < -0.39 is 0 Å². The van der Waals surface area contributed by atoms with Crippen LogP contribution < -0.4 is 5.73 Å². The van der Waals surface area contributed by atoms with Crippen molar-refractivity contribution in [2.45, 2.75) is 50.7 Å². The number of nitrogens with two attached hydrogens (primary N) is 1. The summed E-state index contributed by atoms with van der Waals surface area (Å²) in [4.78, 5) is 13.8. The second-order valence-corrected chi connectivity index (χ2v) is 4.89. The number of hydrogen-bond acceptors (Lipinski definition) is 3. The largest absolute Gasteiger partial charge is 0.378 e. The van der Waals surface area contributed by atoms with Gasteiger partial charge in [-0.2, -0.15) is 0 Å². The molecule has 2 saturated heterocycles. The molecule has 0 saturated carbocycles. The number of piperidine rings is 1. The molecule has 4 nitrogen and oxygen atoms in total. The van der Waals surface area contributed by atoms with Crippen LogP contribution in [0.1, 0.15) is 38.5 Å². The van der Waals surface area contributed by atoms with Gasteiger partial charge in [-0.1, -0.05) is 0 Å². The maximum absolute atomic E-state index is 11.9. The smallest absolute Gasteiger partial charge is 0.222 e. The van der Waals surface area contributed by atoms with Gasteiger partial charge in [-0.25, -0.2) is 0 Å². The van der Waals surface area contributed by atoms with Gasteiger partial charge in [0.15, 0.2) is 0 Å². The van der Waals surface area contributed by atoms with E-state index in [9.17, 15) is 4.79 Å². The number of carbonyl (C=O) groups excluding carboxylic acids is 1. The number of carbonyl (C=O) groups is 1. The van der Waals surface area contributed by atoms with Crippen molar-refractivity contribution in [1.29, 1.82) is 0 Å². The van der Waals surface area contributed by atoms with Gasteiger partial charge in [0.1, 0.15) is 0 Å². The second-order valence-electron chi connectivity index (χ2n) is 4.89. The van der Waals surface area contributed by atoms with E-state index in [2.05, 4.69) is 0 Å². The van der Waals surface area contributed by atoms with E-state index in [1.807, 2.05) is 4.90 Å². The van der Waals surface area contributed by atoms with E-state index in [4.69, 9.17) is 10.5 Å². The highest BCUT2D eigenvalue weighted by Crippen LogP contribution is 2.18. The number of amides is 1. The SMILES string of the molecule is Cl.NC1CCN(C(=O)CCC2CCCO2)CC1. The molecule has 17 heavy (non-hydrogen) atoms. The van der Waals surface area contributed by atoms with Crippen LogP contribution in [0.25, 0.3) is 0 Å². The monoisotopic (exact) mass is 262 g/mol. The Morgan fingerprint density at radius 3 is 2.59 bits per heavy atom. The third kappa shape index (κ3) is 4.45. The summed E-state index contributed by atoms with van der Waals surface area (Å²) in [5.74, 6) is 0.280. The van der Waals surface area contributed by atoms with Crippen LogP contribution in [0.4, 0.5) is 0 Å². The molecule has 2 N–H and O–H groups in total. The van der Waals surface area contributed by atoms with Crippen molar-refractivity contribution < 1.29 is 9.53 Å². The van der Waals surface area contributed by atoms with Crippen LogP contribution in [0.15, 0.2) is 0 Å². The minimum atomic E-state index is 0. The first kappa shape index (κ1) is 14.7. The summed E-state index contributed by atoms with van der Waals surface area (Å²) in [7, 11) is 0. The summed E-state index contributed by atoms with van der Waals surface area (Å²) < 4.78 is 5.52. The number of rotatable bonds is 3. The Morgan fingerprint density at radius 1 is 1.29 bits per heavy atom. The summed E-state index contributed by atoms with van der Waals surface area (Å²) in [5.41, 5.74) is 5.81. The van der Waals surface area contributed by atoms with Crippen LogP contribution in [-0.4, -0.2) is 42.6 Å². The van der Waals surface area contributed by atoms with Crippen LogP contribution in [-0.2, 0) is 9.53 Å². The van der Waals surface area contributed by atoms with Gasteiger partial charge in [-0.15, -0.1) is 12.4 Å². The summed E-state index contributed by atoms with van der Waals surface area (Å²) >= 11 is 0. The zero-order valence-corrected chi connectivity index (χ0v) is 11.1. The molecule has 0 aromatic carbocycles. The maximum atomic E-state index is 11.9. The molecule has 1 unspecified atom stereocenters. The fourth-order valence-corrected chi connectivity index (χ4v) is 2.46. The van der Waals surface area contributed by atoms with Crippen LogP contribution in [0.3, 0.4) is 0 Å². The summed E-state index contributed by atoms with van der Waals surface area (Å²) in [6, 6.07) is 0.294. The predicted molar refractivity (Wildman–Crippen MR) is 69.2 cm³/mol. The minimum absolute atomic E-state index is 0. The van der Waals surface area contributed by atoms with Crippen molar-refractivity contribution in [2.24, 2.45) is 5.73 Å². The van der Waals surface area contributed by atoms with Gasteiger partial charge in [-0.05, 0) is 32.1 Å². The van der Waals surface area contributed by atoms with E-state index in [1.165, 1.54) is 0 Å². The van der Waals surface area contributed by atoms with Crippen LogP contribution >= 0.6 is 12.4 Å². The lowest BCUT2D eigenvalue weighted by atomic mass is 10.0. The molecule has 2 aliphatic heterocycles. The summed E-state index contributed by atoms with van der Waals surface area (Å²) in [6.45, 7) is 2.55. The first-order valence-corrected chi connectivity index (χ1v) is 6.40. The summed E-state index contributed by atoms with van der Waals surface area (Å²) in [6.07, 6.45) is 6.03. The van der Waals surface area contributed by atoms with Gasteiger partial charge in [0.05, 0.1) is 6.10 Å². The molecular weight excluding hydrogens is 240 g/mol. The van der Waals surface area contributed by atoms with E-state index in [-0.39, 0.29) is 18.3 Å². The van der Waals surface area contributed by atoms with Gasteiger partial charge in [0.25, 0.3) is 0 Å². The lowest BCUT2D eigenvalue weighted by molar-refractivity contribution is -0.132. The Bertz CT molecular complexity index is 237. The standard InChI is InChI=1S/C12H22N2O2.ClH/c13-10-5-7-14(8-6-10)12(15)4-3-11-2-1-9-16-11;/h10-11H,1-9,13H2;1H. The number of hydrogen-bond donors (Lipinski definition) is 1. The number of ether oxygens (including phenoxy) is 1. The number of halogens is 1. The molecule has 5 heteroatoms. The van der Waals surface area contributed by atoms with Crippen molar-refractivity contribution in [3.63, 3.8) is 0 Å². The maximum Gasteiger partial charge on any atom is 0.222 e. The van der Waals surface area contributed by atoms with Crippen molar-refractivity contribution in [3.05, 3.63) is 0 Å². The Kier molecular flexibility index (Phi) is 6.23. The Morgan fingerprint density at radius 2 is 2.00 bits per heavy atom. The Balaban J connectivity index is 0.00000144. The molecule has 0 aliphatic carbocycles. The van der Waals surface area contributed by atoms with E-state index in [0.29, 0.717) is 18.6 Å². The van der Waals surface area contributed by atoms with Gasteiger partial charge >= 0.3 is 0 Å². The Labute approximate surface area is 109 Å². The van der Waals surface area contributed by atoms with Crippen LogP contribution in [0.2, 0.25) is 0 Å². The van der Waals surface area contributed by atoms with Crippen molar-refractivity contribution in [2.75, 3.05) is 19.7 Å². The highest BCUT2D eigenvalue weighted by Gasteiger charge is 2.22. The van der Waals surface area contributed by atoms with Gasteiger partial charge in [0.2, 0.25) is 5.91 Å². The fourth-order valence-electron chi connectivity index (χ4n) is 2.46. The summed E-state index contributed by atoms with van der Waals surface area (Å²) in [5, 5.41) is 0. The molecule has 0 aromatic rings. The number of nitrogens with zero attached hydrogens (tertiary/aromatic N) is 1. The third-order valence-corrected chi connectivity index (χ3v) is 3.60. The highest BCUT2D eigenvalue weighted by atomic mass is 35.5. The predicted octanol–water partition coefficient (Wildman–Crippen LogP) is 1.32. The molecule has 100 valence electrons. The second kappa shape index (κ2) is 7.19. The zero-order chi connectivity index (χ0) is 11.4. The van der Waals surface area contributed by atoms with E-state index in [0.717, 1.165) is 51.8 Å².